The molecule has 0 spiro atoms. The van der Waals surface area contributed by atoms with Crippen molar-refractivity contribution in [1.29, 1.82) is 5.39 Å². The van der Waals surface area contributed by atoms with Crippen LogP contribution in [0.15, 0.2) is 48.5 Å². The number of benzene rings is 2. The summed E-state index contributed by atoms with van der Waals surface area (Å²) in [4.78, 5) is 36.2. The van der Waals surface area contributed by atoms with Crippen LogP contribution in [-0.2, 0) is 9.59 Å². The van der Waals surface area contributed by atoms with Crippen molar-refractivity contribution in [2.24, 2.45) is 0 Å². The molecule has 0 aliphatic heterocycles. The maximum absolute atomic E-state index is 12.5. The summed E-state index contributed by atoms with van der Waals surface area (Å²) in [6.07, 6.45) is 2.25. The summed E-state index contributed by atoms with van der Waals surface area (Å²) < 4.78 is 0. The monoisotopic (exact) mass is 476 g/mol. The third kappa shape index (κ3) is 7.82. The highest BCUT2D eigenvalue weighted by Crippen LogP contribution is 2.18. The molecule has 0 saturated heterocycles. The molecule has 3 amide bonds. The van der Waals surface area contributed by atoms with Gasteiger partial charge in [0.05, 0.1) is 6.54 Å². The first-order valence-electron chi connectivity index (χ1n) is 11.0. The number of nitrogens with zero attached hydrogens (tertiary/aromatic N) is 2. The molecule has 2 aromatic rings. The number of amides is 3. The van der Waals surface area contributed by atoms with Crippen LogP contribution in [-0.4, -0.2) is 47.6 Å². The van der Waals surface area contributed by atoms with Gasteiger partial charge in [0.1, 0.15) is 12.1 Å². The van der Waals surface area contributed by atoms with E-state index in [1.165, 1.54) is 12.4 Å². The van der Waals surface area contributed by atoms with E-state index in [1.807, 2.05) is 0 Å². The van der Waals surface area contributed by atoms with E-state index in [0.29, 0.717) is 23.8 Å². The Labute approximate surface area is 202 Å². The number of carbonyl (C=O) groups excluding carboxylic acids is 3. The van der Waals surface area contributed by atoms with E-state index in [1.54, 1.807) is 48.5 Å². The molecule has 0 heterocycles. The van der Waals surface area contributed by atoms with Crippen molar-refractivity contribution in [2.75, 3.05) is 11.9 Å². The lowest BCUT2D eigenvalue weighted by Gasteiger charge is -2.18. The van der Waals surface area contributed by atoms with Gasteiger partial charge in [-0.1, -0.05) is 11.8 Å². The van der Waals surface area contributed by atoms with Gasteiger partial charge in [-0.15, -0.1) is 0 Å². The molecular formula is C24H26N7O4+. The van der Waals surface area contributed by atoms with Gasteiger partial charge in [0.25, 0.3) is 17.2 Å². The van der Waals surface area contributed by atoms with Gasteiger partial charge in [0, 0.05) is 28.4 Å². The minimum absolute atomic E-state index is 0.0858. The first-order chi connectivity index (χ1) is 16.9. The number of carbonyl (C=O) groups is 3. The van der Waals surface area contributed by atoms with Crippen molar-refractivity contribution in [1.82, 2.24) is 21.5 Å². The van der Waals surface area contributed by atoms with Crippen molar-refractivity contribution < 1.29 is 19.6 Å². The molecule has 1 aliphatic carbocycles. The Bertz CT molecular complexity index is 1160. The number of hydroxylamine groups is 1. The number of anilines is 1. The molecule has 2 atom stereocenters. The molecule has 35 heavy (non-hydrogen) atoms. The molecule has 3 rings (SSSR count). The van der Waals surface area contributed by atoms with Crippen LogP contribution in [0.5, 0.6) is 0 Å². The summed E-state index contributed by atoms with van der Waals surface area (Å²) in [6.45, 7) is 1.79. The Morgan fingerprint density at radius 1 is 1.06 bits per heavy atom. The summed E-state index contributed by atoms with van der Waals surface area (Å²) in [5.41, 5.74) is 6.10. The van der Waals surface area contributed by atoms with Gasteiger partial charge in [-0.25, -0.2) is 5.48 Å². The highest BCUT2D eigenvalue weighted by Gasteiger charge is 2.30. The number of rotatable bonds is 9. The van der Waals surface area contributed by atoms with Gasteiger partial charge in [-0.3, -0.25) is 19.6 Å². The SMILES string of the molecule is C[C@@H](N[N+]#N)[C@H](NC(=O)c1ccc(C#Cc2ccc(NC(=O)CNC3CC3)cc2)cc1)C(=O)NO. The zero-order chi connectivity index (χ0) is 25.2. The Morgan fingerprint density at radius 3 is 2.20 bits per heavy atom. The standard InChI is InChI=1S/C24H25N7O4/c1-15(29-31-25)22(24(34)30-35)28-23(33)18-8-4-16(5-9-18)2-3-17-6-10-20(11-7-17)27-21(32)14-26-19-12-13-19/h4-11,15,19,22,26,29H,12-14H2,1H3,(H3-,27,28,30,32,33,34,35)/p+1/t15-,22+/m1/s1. The van der Waals surface area contributed by atoms with E-state index in [4.69, 9.17) is 10.6 Å². The Morgan fingerprint density at radius 2 is 1.66 bits per heavy atom. The van der Waals surface area contributed by atoms with E-state index in [9.17, 15) is 14.4 Å². The molecule has 0 bridgehead atoms. The summed E-state index contributed by atoms with van der Waals surface area (Å²) in [6, 6.07) is 12.1. The fourth-order valence-electron chi connectivity index (χ4n) is 3.09. The molecule has 2 aromatic carbocycles. The Kier molecular flexibility index (Phi) is 8.73. The van der Waals surface area contributed by atoms with E-state index in [-0.39, 0.29) is 11.5 Å². The summed E-state index contributed by atoms with van der Waals surface area (Å²) in [5, 5.41) is 28.7. The van der Waals surface area contributed by atoms with Gasteiger partial charge < -0.3 is 16.0 Å². The number of diazo groups is 1. The van der Waals surface area contributed by atoms with Gasteiger partial charge in [0.15, 0.2) is 0 Å². The average Bonchev–Trinajstić information content (AvgIpc) is 3.70. The molecule has 180 valence electrons. The second-order valence-corrected chi connectivity index (χ2v) is 8.05. The van der Waals surface area contributed by atoms with E-state index < -0.39 is 23.9 Å². The average molecular weight is 477 g/mol. The van der Waals surface area contributed by atoms with Crippen molar-refractivity contribution in [2.45, 2.75) is 37.9 Å². The van der Waals surface area contributed by atoms with Crippen LogP contribution in [0.4, 0.5) is 5.69 Å². The molecule has 1 saturated carbocycles. The summed E-state index contributed by atoms with van der Waals surface area (Å²) in [7, 11) is 0. The van der Waals surface area contributed by atoms with Crippen molar-refractivity contribution >= 4 is 23.4 Å². The second-order valence-electron chi connectivity index (χ2n) is 8.05. The maximum atomic E-state index is 12.5. The summed E-state index contributed by atoms with van der Waals surface area (Å²) in [5.74, 6) is 4.51. The van der Waals surface area contributed by atoms with Crippen molar-refractivity contribution in [3.8, 4) is 11.8 Å². The van der Waals surface area contributed by atoms with E-state index in [0.717, 1.165) is 18.4 Å². The van der Waals surface area contributed by atoms with E-state index >= 15 is 0 Å². The number of nitrogens with one attached hydrogen (secondary N) is 5. The first kappa shape index (κ1) is 25.2. The quantitative estimate of drug-likeness (QED) is 0.137. The highest BCUT2D eigenvalue weighted by atomic mass is 16.5. The summed E-state index contributed by atoms with van der Waals surface area (Å²) >= 11 is 0. The topological polar surface area (TPSA) is 160 Å². The molecular weight excluding hydrogens is 450 g/mol. The minimum atomic E-state index is -1.19. The van der Waals surface area contributed by atoms with Gasteiger partial charge in [-0.05, 0) is 73.7 Å². The lowest BCUT2D eigenvalue weighted by atomic mass is 10.1. The maximum Gasteiger partial charge on any atom is 0.303 e. The minimum Gasteiger partial charge on any atom is -0.338 e. The van der Waals surface area contributed by atoms with Crippen LogP contribution < -0.4 is 26.9 Å². The zero-order valence-corrected chi connectivity index (χ0v) is 19.0. The smallest absolute Gasteiger partial charge is 0.303 e. The number of hydrogen-bond donors (Lipinski definition) is 6. The molecule has 0 unspecified atom stereocenters. The molecule has 11 nitrogen and oxygen atoms in total. The van der Waals surface area contributed by atoms with Crippen LogP contribution in [0, 0.1) is 17.2 Å². The molecule has 11 heteroatoms. The molecule has 0 radical (unpaired) electrons. The third-order valence-corrected chi connectivity index (χ3v) is 5.24. The Hall–Kier alpha value is -4.45. The number of hydrogen-bond acceptors (Lipinski definition) is 7. The van der Waals surface area contributed by atoms with Crippen molar-refractivity contribution in [3.05, 3.63) is 70.3 Å². The molecule has 6 N–H and O–H groups in total. The first-order valence-corrected chi connectivity index (χ1v) is 11.0. The van der Waals surface area contributed by atoms with Crippen molar-refractivity contribution in [3.63, 3.8) is 0 Å². The fraction of sp³-hybridized carbons (Fsp3) is 0.292. The van der Waals surface area contributed by atoms with Crippen LogP contribution in [0.2, 0.25) is 0 Å². The molecule has 1 aliphatic rings. The normalized spacial score (nSPS) is 13.7. The molecule has 1 fully saturated rings. The van der Waals surface area contributed by atoms with Gasteiger partial charge >= 0.3 is 5.08 Å². The second kappa shape index (κ2) is 12.1. The van der Waals surface area contributed by atoms with Gasteiger partial charge in [-0.2, -0.15) is 0 Å². The third-order valence-electron chi connectivity index (χ3n) is 5.24. The fourth-order valence-corrected chi connectivity index (χ4v) is 3.09. The lowest BCUT2D eigenvalue weighted by molar-refractivity contribution is -0.131. The highest BCUT2D eigenvalue weighted by molar-refractivity contribution is 5.97. The van der Waals surface area contributed by atoms with Crippen LogP contribution >= 0.6 is 0 Å². The lowest BCUT2D eigenvalue weighted by Crippen LogP contribution is -2.55. The van der Waals surface area contributed by atoms with Crippen LogP contribution in [0.1, 0.15) is 41.3 Å². The van der Waals surface area contributed by atoms with Crippen LogP contribution in [0.25, 0.3) is 5.08 Å². The van der Waals surface area contributed by atoms with Crippen LogP contribution in [0.3, 0.4) is 0 Å². The van der Waals surface area contributed by atoms with Gasteiger partial charge in [0.2, 0.25) is 5.91 Å². The Balaban J connectivity index is 1.56. The van der Waals surface area contributed by atoms with E-state index in [2.05, 4.69) is 38.3 Å². The molecule has 0 aromatic heterocycles. The largest absolute Gasteiger partial charge is 0.338 e. The zero-order valence-electron chi connectivity index (χ0n) is 19.0. The predicted octanol–water partition coefficient (Wildman–Crippen LogP) is 1.13. The predicted molar refractivity (Wildman–Crippen MR) is 127 cm³/mol.